The number of halogens is 1. The van der Waals surface area contributed by atoms with Crippen LogP contribution in [0.4, 0.5) is 26.2 Å². The minimum atomic E-state index is -0.563. The van der Waals surface area contributed by atoms with Gasteiger partial charge in [0.2, 0.25) is 0 Å². The Balaban J connectivity index is 1.27. The van der Waals surface area contributed by atoms with Crippen LogP contribution in [0.5, 0.6) is 11.5 Å². The Morgan fingerprint density at radius 1 is 1.00 bits per heavy atom. The lowest BCUT2D eigenvalue weighted by atomic mass is 10.1. The fourth-order valence-corrected chi connectivity index (χ4v) is 4.44. The van der Waals surface area contributed by atoms with Crippen molar-refractivity contribution in [2.75, 3.05) is 28.6 Å². The van der Waals surface area contributed by atoms with Crippen LogP contribution in [-0.4, -0.2) is 33.9 Å². The third-order valence-corrected chi connectivity index (χ3v) is 6.19. The molecule has 0 spiro atoms. The predicted octanol–water partition coefficient (Wildman–Crippen LogP) is 6.36. The monoisotopic (exact) mass is 500 g/mol. The van der Waals surface area contributed by atoms with Crippen molar-refractivity contribution < 1.29 is 13.9 Å². The molecule has 8 nitrogen and oxygen atoms in total. The van der Waals surface area contributed by atoms with Crippen molar-refractivity contribution in [2.24, 2.45) is 7.05 Å². The van der Waals surface area contributed by atoms with Crippen molar-refractivity contribution in [2.45, 2.75) is 26.2 Å². The molecule has 190 valence electrons. The van der Waals surface area contributed by atoms with E-state index in [-0.39, 0.29) is 5.69 Å². The van der Waals surface area contributed by atoms with Gasteiger partial charge in [0.1, 0.15) is 17.3 Å². The fourth-order valence-electron chi connectivity index (χ4n) is 4.44. The Kier molecular flexibility index (Phi) is 7.02. The van der Waals surface area contributed by atoms with Crippen LogP contribution in [-0.2, 0) is 7.05 Å². The van der Waals surface area contributed by atoms with Crippen molar-refractivity contribution in [3.8, 4) is 22.8 Å². The molecule has 1 fully saturated rings. The summed E-state index contributed by atoms with van der Waals surface area (Å²) in [5.74, 6) is 0.343. The van der Waals surface area contributed by atoms with Crippen LogP contribution < -0.4 is 20.3 Å². The SMILES string of the molecule is Cc1cc(NC(=O)Nc2cc(Oc3ccnc(-c4cnn(C)c4)c3)ccc2F)cc(N2CCCCC2)c1. The third kappa shape index (κ3) is 6.06. The molecule has 0 bridgehead atoms. The van der Waals surface area contributed by atoms with Crippen molar-refractivity contribution in [1.82, 2.24) is 14.8 Å². The number of rotatable bonds is 6. The van der Waals surface area contributed by atoms with E-state index in [0.29, 0.717) is 22.9 Å². The van der Waals surface area contributed by atoms with E-state index in [1.54, 1.807) is 29.2 Å². The van der Waals surface area contributed by atoms with Crippen LogP contribution in [0.15, 0.2) is 67.1 Å². The van der Waals surface area contributed by atoms with Gasteiger partial charge in [-0.15, -0.1) is 0 Å². The van der Waals surface area contributed by atoms with Crippen LogP contribution in [0.1, 0.15) is 24.8 Å². The maximum absolute atomic E-state index is 14.5. The van der Waals surface area contributed by atoms with Crippen molar-refractivity contribution in [1.29, 1.82) is 0 Å². The van der Waals surface area contributed by atoms with Crippen molar-refractivity contribution >= 4 is 23.1 Å². The number of aryl methyl sites for hydroxylation is 2. The smallest absolute Gasteiger partial charge is 0.323 e. The second kappa shape index (κ2) is 10.7. The number of hydrogen-bond acceptors (Lipinski definition) is 5. The predicted molar refractivity (Wildman–Crippen MR) is 143 cm³/mol. The van der Waals surface area contributed by atoms with E-state index in [1.165, 1.54) is 37.5 Å². The normalized spacial score (nSPS) is 13.3. The highest BCUT2D eigenvalue weighted by Gasteiger charge is 2.14. The van der Waals surface area contributed by atoms with Gasteiger partial charge in [0.15, 0.2) is 0 Å². The summed E-state index contributed by atoms with van der Waals surface area (Å²) in [7, 11) is 1.83. The average Bonchev–Trinajstić information content (AvgIpc) is 3.33. The Hall–Kier alpha value is -4.40. The maximum Gasteiger partial charge on any atom is 0.323 e. The standard InChI is InChI=1S/C28H29FN6O2/c1-19-12-21(14-22(13-19)35-10-4-3-5-11-35)32-28(36)33-27-16-23(6-7-25(27)29)37-24-8-9-30-26(15-24)20-17-31-34(2)18-20/h6-9,12-18H,3-5,10-11H2,1-2H3,(H2,32,33,36). The highest BCUT2D eigenvalue weighted by Crippen LogP contribution is 2.29. The number of ether oxygens (including phenoxy) is 1. The van der Waals surface area contributed by atoms with Gasteiger partial charge in [-0.2, -0.15) is 5.10 Å². The van der Waals surface area contributed by atoms with Crippen LogP contribution in [0.3, 0.4) is 0 Å². The summed E-state index contributed by atoms with van der Waals surface area (Å²) in [5, 5.41) is 9.60. The molecule has 9 heteroatoms. The first kappa shape index (κ1) is 24.3. The molecule has 1 aliphatic heterocycles. The number of benzene rings is 2. The van der Waals surface area contributed by atoms with Crippen molar-refractivity contribution in [3.05, 3.63) is 78.5 Å². The number of carbonyl (C=O) groups is 1. The average molecular weight is 501 g/mol. The summed E-state index contributed by atoms with van der Waals surface area (Å²) in [5.41, 5.74) is 4.35. The molecular weight excluding hydrogens is 471 g/mol. The minimum Gasteiger partial charge on any atom is -0.457 e. The van der Waals surface area contributed by atoms with Gasteiger partial charge in [0, 0.05) is 61.6 Å². The second-order valence-corrected chi connectivity index (χ2v) is 9.21. The molecule has 1 aliphatic rings. The van der Waals surface area contributed by atoms with Gasteiger partial charge < -0.3 is 20.3 Å². The van der Waals surface area contributed by atoms with E-state index in [0.717, 1.165) is 29.9 Å². The molecule has 0 radical (unpaired) electrons. The van der Waals surface area contributed by atoms with Crippen LogP contribution in [0.2, 0.25) is 0 Å². The van der Waals surface area contributed by atoms with Gasteiger partial charge in [-0.05, 0) is 68.1 Å². The summed E-state index contributed by atoms with van der Waals surface area (Å²) in [6, 6.07) is 13.1. The van der Waals surface area contributed by atoms with Crippen LogP contribution >= 0.6 is 0 Å². The van der Waals surface area contributed by atoms with E-state index in [1.807, 2.05) is 32.3 Å². The molecule has 5 rings (SSSR count). The van der Waals surface area contributed by atoms with E-state index in [2.05, 4.69) is 31.7 Å². The number of nitrogens with one attached hydrogen (secondary N) is 2. The van der Waals surface area contributed by atoms with E-state index in [4.69, 9.17) is 4.74 Å². The lowest BCUT2D eigenvalue weighted by Gasteiger charge is -2.29. The van der Waals surface area contributed by atoms with Crippen LogP contribution in [0, 0.1) is 12.7 Å². The van der Waals surface area contributed by atoms with Gasteiger partial charge >= 0.3 is 6.03 Å². The quantitative estimate of drug-likeness (QED) is 0.322. The van der Waals surface area contributed by atoms with Gasteiger partial charge in [-0.25, -0.2) is 9.18 Å². The number of piperidine rings is 1. The molecule has 0 aliphatic carbocycles. The third-order valence-electron chi connectivity index (χ3n) is 6.19. The van der Waals surface area contributed by atoms with Crippen molar-refractivity contribution in [3.63, 3.8) is 0 Å². The highest BCUT2D eigenvalue weighted by molar-refractivity contribution is 6.00. The number of amides is 2. The fraction of sp³-hybridized carbons (Fsp3) is 0.250. The summed E-state index contributed by atoms with van der Waals surface area (Å²) < 4.78 is 22.2. The van der Waals surface area contributed by atoms with Crippen LogP contribution in [0.25, 0.3) is 11.3 Å². The lowest BCUT2D eigenvalue weighted by molar-refractivity contribution is 0.262. The summed E-state index contributed by atoms with van der Waals surface area (Å²) in [4.78, 5) is 19.4. The van der Waals surface area contributed by atoms with E-state index < -0.39 is 11.8 Å². The number of aromatic nitrogens is 3. The summed E-state index contributed by atoms with van der Waals surface area (Å²) in [6.45, 7) is 4.01. The zero-order valence-electron chi connectivity index (χ0n) is 20.9. The molecule has 0 unspecified atom stereocenters. The van der Waals surface area contributed by atoms with Gasteiger partial charge in [0.25, 0.3) is 0 Å². The number of pyridine rings is 1. The number of nitrogens with zero attached hydrogens (tertiary/aromatic N) is 4. The molecule has 2 N–H and O–H groups in total. The zero-order valence-corrected chi connectivity index (χ0v) is 20.9. The number of hydrogen-bond donors (Lipinski definition) is 2. The summed E-state index contributed by atoms with van der Waals surface area (Å²) in [6.07, 6.45) is 8.78. The number of carbonyl (C=O) groups excluding carboxylic acids is 1. The summed E-state index contributed by atoms with van der Waals surface area (Å²) >= 11 is 0. The molecule has 0 saturated carbocycles. The molecule has 37 heavy (non-hydrogen) atoms. The largest absolute Gasteiger partial charge is 0.457 e. The molecule has 1 saturated heterocycles. The zero-order chi connectivity index (χ0) is 25.8. The maximum atomic E-state index is 14.5. The Morgan fingerprint density at radius 3 is 2.59 bits per heavy atom. The van der Waals surface area contributed by atoms with Gasteiger partial charge in [0.05, 0.1) is 17.6 Å². The van der Waals surface area contributed by atoms with E-state index >= 15 is 0 Å². The minimum absolute atomic E-state index is 0.0143. The molecule has 2 aromatic heterocycles. The second-order valence-electron chi connectivity index (χ2n) is 9.21. The first-order valence-corrected chi connectivity index (χ1v) is 12.3. The number of anilines is 3. The molecule has 4 aromatic rings. The Bertz CT molecular complexity index is 1410. The molecule has 2 aromatic carbocycles. The first-order chi connectivity index (χ1) is 17.9. The van der Waals surface area contributed by atoms with E-state index in [9.17, 15) is 9.18 Å². The molecule has 2 amide bonds. The topological polar surface area (TPSA) is 84.3 Å². The Morgan fingerprint density at radius 2 is 1.81 bits per heavy atom. The number of urea groups is 1. The first-order valence-electron chi connectivity index (χ1n) is 12.3. The molecule has 3 heterocycles. The van der Waals surface area contributed by atoms with Gasteiger partial charge in [-0.1, -0.05) is 0 Å². The molecular formula is C28H29FN6O2. The highest BCUT2D eigenvalue weighted by atomic mass is 19.1. The molecule has 0 atom stereocenters. The van der Waals surface area contributed by atoms with Gasteiger partial charge in [-0.3, -0.25) is 9.67 Å². The Labute approximate surface area is 215 Å². The lowest BCUT2D eigenvalue weighted by Crippen LogP contribution is -2.29.